The van der Waals surface area contributed by atoms with Gasteiger partial charge in [-0.25, -0.2) is 9.38 Å². The van der Waals surface area contributed by atoms with Crippen LogP contribution >= 0.6 is 11.6 Å². The Morgan fingerprint density at radius 3 is 2.79 bits per heavy atom. The minimum absolute atomic E-state index is 0.0332. The standard InChI is InChI=1S/C21H17ClFN3O3/c22-14-7-5-11(9-15(14)23)19-13(12-3-1-2-4-16(12)25-19)6-8-18(28)26-20-17(27)10-24-21(20)29/h1-5,7,9,17,25,27H,6,8,10H2,(H,24,29)/t17-/m1/s1. The predicted molar refractivity (Wildman–Crippen MR) is 108 cm³/mol. The van der Waals surface area contributed by atoms with Crippen LogP contribution in [0.25, 0.3) is 22.2 Å². The lowest BCUT2D eigenvalue weighted by Crippen LogP contribution is -2.23. The van der Waals surface area contributed by atoms with E-state index in [1.807, 2.05) is 24.3 Å². The molecule has 4 rings (SSSR count). The van der Waals surface area contributed by atoms with Gasteiger partial charge >= 0.3 is 0 Å². The number of halogens is 2. The van der Waals surface area contributed by atoms with E-state index in [-0.39, 0.29) is 23.7 Å². The van der Waals surface area contributed by atoms with Crippen molar-refractivity contribution in [2.45, 2.75) is 18.9 Å². The summed E-state index contributed by atoms with van der Waals surface area (Å²) >= 11 is 5.80. The highest BCUT2D eigenvalue weighted by Gasteiger charge is 2.29. The summed E-state index contributed by atoms with van der Waals surface area (Å²) < 4.78 is 14.0. The molecule has 1 aromatic heterocycles. The van der Waals surface area contributed by atoms with Crippen molar-refractivity contribution < 1.29 is 19.1 Å². The van der Waals surface area contributed by atoms with E-state index in [0.29, 0.717) is 17.7 Å². The van der Waals surface area contributed by atoms with Crippen LogP contribution < -0.4 is 5.32 Å². The van der Waals surface area contributed by atoms with Crippen LogP contribution in [0.1, 0.15) is 12.0 Å². The van der Waals surface area contributed by atoms with Gasteiger partial charge < -0.3 is 15.4 Å². The molecule has 29 heavy (non-hydrogen) atoms. The van der Waals surface area contributed by atoms with Gasteiger partial charge in [-0.2, -0.15) is 0 Å². The van der Waals surface area contributed by atoms with E-state index < -0.39 is 23.7 Å². The third-order valence-electron chi connectivity index (χ3n) is 4.86. The van der Waals surface area contributed by atoms with Crippen LogP contribution in [0.15, 0.2) is 47.5 Å². The van der Waals surface area contributed by atoms with Crippen LogP contribution in [0, 0.1) is 5.82 Å². The quantitative estimate of drug-likeness (QED) is 0.613. The fourth-order valence-corrected chi connectivity index (χ4v) is 3.55. The number of aromatic nitrogens is 1. The van der Waals surface area contributed by atoms with Crippen LogP contribution in [-0.2, 0) is 16.0 Å². The average molecular weight is 414 g/mol. The Kier molecular flexibility index (Phi) is 5.17. The number of hydrogen-bond acceptors (Lipinski definition) is 3. The molecule has 2 heterocycles. The molecule has 1 atom stereocenters. The second kappa shape index (κ2) is 7.77. The maximum Gasteiger partial charge on any atom is 0.268 e. The van der Waals surface area contributed by atoms with Gasteiger partial charge in [0.2, 0.25) is 5.91 Å². The zero-order valence-electron chi connectivity index (χ0n) is 15.2. The van der Waals surface area contributed by atoms with Crippen molar-refractivity contribution in [3.63, 3.8) is 0 Å². The van der Waals surface area contributed by atoms with E-state index in [1.54, 1.807) is 6.07 Å². The van der Waals surface area contributed by atoms with Crippen LogP contribution in [0.4, 0.5) is 4.39 Å². The first-order valence-corrected chi connectivity index (χ1v) is 9.44. The van der Waals surface area contributed by atoms with Gasteiger partial charge in [0.1, 0.15) is 17.6 Å². The summed E-state index contributed by atoms with van der Waals surface area (Å²) in [6.45, 7) is 0.0552. The van der Waals surface area contributed by atoms with E-state index in [9.17, 15) is 19.1 Å². The zero-order valence-corrected chi connectivity index (χ0v) is 16.0. The molecule has 0 aliphatic carbocycles. The number of H-pyrrole nitrogens is 1. The number of nitrogens with zero attached hydrogens (tertiary/aromatic N) is 1. The van der Waals surface area contributed by atoms with Gasteiger partial charge in [0.25, 0.3) is 5.91 Å². The number of fused-ring (bicyclic) bond motifs is 1. The maximum absolute atomic E-state index is 14.0. The Morgan fingerprint density at radius 1 is 1.28 bits per heavy atom. The molecule has 2 aromatic carbocycles. The molecule has 1 fully saturated rings. The van der Waals surface area contributed by atoms with Crippen LogP contribution in [0.5, 0.6) is 0 Å². The number of amides is 2. The molecule has 3 aromatic rings. The van der Waals surface area contributed by atoms with Gasteiger partial charge in [-0.3, -0.25) is 9.59 Å². The number of aliphatic imine (C=N–C) groups is 1. The molecule has 8 heteroatoms. The van der Waals surface area contributed by atoms with Crippen molar-refractivity contribution in [1.29, 1.82) is 0 Å². The number of hydrogen-bond donors (Lipinski definition) is 3. The molecule has 1 saturated heterocycles. The largest absolute Gasteiger partial charge is 0.385 e. The Labute approximate surface area is 170 Å². The maximum atomic E-state index is 14.0. The smallest absolute Gasteiger partial charge is 0.268 e. The van der Waals surface area contributed by atoms with Crippen molar-refractivity contribution in [3.8, 4) is 11.3 Å². The number of benzene rings is 2. The molecule has 3 N–H and O–H groups in total. The van der Waals surface area contributed by atoms with Crippen molar-refractivity contribution in [3.05, 3.63) is 58.9 Å². The van der Waals surface area contributed by atoms with E-state index in [0.717, 1.165) is 16.5 Å². The first kappa shape index (κ1) is 19.3. The van der Waals surface area contributed by atoms with Crippen molar-refractivity contribution in [2.75, 3.05) is 6.54 Å². The lowest BCUT2D eigenvalue weighted by Gasteiger charge is -2.06. The molecule has 0 bridgehead atoms. The SMILES string of the molecule is O=C(CCc1c(-c2ccc(Cl)c(F)c2)[nH]c2ccccc12)N=C1C(=O)NC[C@H]1O. The number of carbonyl (C=O) groups excluding carboxylic acids is 2. The molecule has 148 valence electrons. The van der Waals surface area contributed by atoms with E-state index in [4.69, 9.17) is 11.6 Å². The number of nitrogens with one attached hydrogen (secondary N) is 2. The van der Waals surface area contributed by atoms with Gasteiger partial charge in [-0.1, -0.05) is 35.9 Å². The lowest BCUT2D eigenvalue weighted by molar-refractivity contribution is -0.118. The molecule has 0 spiro atoms. The van der Waals surface area contributed by atoms with Gasteiger partial charge in [0.15, 0.2) is 0 Å². The third-order valence-corrected chi connectivity index (χ3v) is 5.17. The topological polar surface area (TPSA) is 94.5 Å². The lowest BCUT2D eigenvalue weighted by atomic mass is 10.0. The van der Waals surface area contributed by atoms with Crippen LogP contribution in [-0.4, -0.2) is 40.3 Å². The first-order valence-electron chi connectivity index (χ1n) is 9.06. The van der Waals surface area contributed by atoms with Gasteiger partial charge in [0.05, 0.1) is 5.02 Å². The monoisotopic (exact) mass is 413 g/mol. The molecule has 1 aliphatic heterocycles. The van der Waals surface area contributed by atoms with E-state index in [1.165, 1.54) is 12.1 Å². The number of rotatable bonds is 4. The Hall–Kier alpha value is -3.03. The van der Waals surface area contributed by atoms with Crippen molar-refractivity contribution in [1.82, 2.24) is 10.3 Å². The highest BCUT2D eigenvalue weighted by molar-refractivity contribution is 6.43. The number of carbonyl (C=O) groups is 2. The number of aliphatic hydroxyl groups excluding tert-OH is 1. The molecule has 1 aliphatic rings. The summed E-state index contributed by atoms with van der Waals surface area (Å²) in [4.78, 5) is 31.0. The summed E-state index contributed by atoms with van der Waals surface area (Å²) in [6.07, 6.45) is -0.710. The van der Waals surface area contributed by atoms with Gasteiger partial charge in [-0.15, -0.1) is 0 Å². The number of aryl methyl sites for hydroxylation is 1. The molecule has 6 nitrogen and oxygen atoms in total. The second-order valence-electron chi connectivity index (χ2n) is 6.77. The zero-order chi connectivity index (χ0) is 20.5. The van der Waals surface area contributed by atoms with Crippen LogP contribution in [0.2, 0.25) is 5.02 Å². The average Bonchev–Trinajstić information content (AvgIpc) is 3.23. The summed E-state index contributed by atoms with van der Waals surface area (Å²) in [5, 5.41) is 13.1. The van der Waals surface area contributed by atoms with Crippen molar-refractivity contribution >= 4 is 40.0 Å². The third kappa shape index (κ3) is 3.79. The van der Waals surface area contributed by atoms with Crippen LogP contribution in [0.3, 0.4) is 0 Å². The Bertz CT molecular complexity index is 1160. The molecule has 0 saturated carbocycles. The number of aliphatic hydroxyl groups is 1. The fraction of sp³-hybridized carbons (Fsp3) is 0.190. The molecule has 2 amide bonds. The fourth-order valence-electron chi connectivity index (χ4n) is 3.43. The number of aromatic amines is 1. The Balaban J connectivity index is 1.66. The summed E-state index contributed by atoms with van der Waals surface area (Å²) in [7, 11) is 0. The molecule has 0 radical (unpaired) electrons. The van der Waals surface area contributed by atoms with Crippen molar-refractivity contribution in [2.24, 2.45) is 4.99 Å². The highest BCUT2D eigenvalue weighted by atomic mass is 35.5. The molecular weight excluding hydrogens is 397 g/mol. The van der Waals surface area contributed by atoms with Gasteiger partial charge in [-0.05, 0) is 30.2 Å². The number of β-amino-alcohol motifs (C(OH)–C–C–N with tert-alkyl or cyclic N) is 1. The predicted octanol–water partition coefficient (Wildman–Crippen LogP) is 3.02. The minimum Gasteiger partial charge on any atom is -0.385 e. The summed E-state index contributed by atoms with van der Waals surface area (Å²) in [5.74, 6) is -1.57. The van der Waals surface area contributed by atoms with E-state index in [2.05, 4.69) is 15.3 Å². The first-order chi connectivity index (χ1) is 13.9. The Morgan fingerprint density at radius 2 is 2.07 bits per heavy atom. The number of para-hydroxylation sites is 1. The highest BCUT2D eigenvalue weighted by Crippen LogP contribution is 2.33. The van der Waals surface area contributed by atoms with E-state index >= 15 is 0 Å². The normalized spacial score (nSPS) is 17.8. The molecule has 0 unspecified atom stereocenters. The minimum atomic E-state index is -1.08. The summed E-state index contributed by atoms with van der Waals surface area (Å²) in [6, 6.07) is 12.1. The summed E-state index contributed by atoms with van der Waals surface area (Å²) in [5.41, 5.74) is 2.85. The second-order valence-corrected chi connectivity index (χ2v) is 7.18. The molecular formula is C21H17ClFN3O3. The van der Waals surface area contributed by atoms with Gasteiger partial charge in [0, 0.05) is 35.1 Å².